The highest BCUT2D eigenvalue weighted by Gasteiger charge is 2.23. The Morgan fingerprint density at radius 3 is 3.00 bits per heavy atom. The molecule has 0 radical (unpaired) electrons. The van der Waals surface area contributed by atoms with E-state index in [9.17, 15) is 9.90 Å². The molecule has 1 saturated carbocycles. The van der Waals surface area contributed by atoms with E-state index in [1.807, 2.05) is 5.38 Å². The highest BCUT2D eigenvalue weighted by Crippen LogP contribution is 2.30. The summed E-state index contributed by atoms with van der Waals surface area (Å²) in [5.41, 5.74) is 2.20. The summed E-state index contributed by atoms with van der Waals surface area (Å²) in [6, 6.07) is 0. The number of hydrogen-bond donors (Lipinski definition) is 2. The van der Waals surface area contributed by atoms with Gasteiger partial charge in [-0.25, -0.2) is 0 Å². The van der Waals surface area contributed by atoms with E-state index in [0.717, 1.165) is 44.1 Å². The number of carbonyl (C=O) groups excluding carboxylic acids is 1. The van der Waals surface area contributed by atoms with Crippen LogP contribution in [0.25, 0.3) is 0 Å². The Hall–Kier alpha value is -0.870. The third kappa shape index (κ3) is 3.07. The van der Waals surface area contributed by atoms with Gasteiger partial charge in [0, 0.05) is 16.8 Å². The van der Waals surface area contributed by atoms with Gasteiger partial charge in [-0.15, -0.1) is 11.3 Å². The Morgan fingerprint density at radius 2 is 2.15 bits per heavy atom. The number of hydrogen-bond acceptors (Lipinski definition) is 3. The van der Waals surface area contributed by atoms with Gasteiger partial charge in [0.15, 0.2) is 0 Å². The predicted octanol–water partition coefficient (Wildman–Crippen LogP) is 2.91. The molecule has 4 heteroatoms. The van der Waals surface area contributed by atoms with Crippen molar-refractivity contribution in [3.63, 3.8) is 0 Å². The predicted molar refractivity (Wildman–Crippen MR) is 81.3 cm³/mol. The lowest BCUT2D eigenvalue weighted by Crippen LogP contribution is -2.33. The van der Waals surface area contributed by atoms with Crippen LogP contribution in [0.2, 0.25) is 0 Å². The molecule has 1 aromatic rings. The Labute approximate surface area is 124 Å². The van der Waals surface area contributed by atoms with Crippen molar-refractivity contribution in [2.24, 2.45) is 5.92 Å². The van der Waals surface area contributed by atoms with Crippen LogP contribution >= 0.6 is 11.3 Å². The smallest absolute Gasteiger partial charge is 0.252 e. The molecule has 2 unspecified atom stereocenters. The quantitative estimate of drug-likeness (QED) is 0.900. The van der Waals surface area contributed by atoms with E-state index in [1.165, 1.54) is 23.3 Å². The Kier molecular flexibility index (Phi) is 4.41. The minimum Gasteiger partial charge on any atom is -0.393 e. The first kappa shape index (κ1) is 14.1. The van der Waals surface area contributed by atoms with Gasteiger partial charge in [0.05, 0.1) is 11.7 Å². The van der Waals surface area contributed by atoms with Gasteiger partial charge >= 0.3 is 0 Å². The van der Waals surface area contributed by atoms with Gasteiger partial charge in [-0.05, 0) is 56.4 Å². The van der Waals surface area contributed by atoms with Gasteiger partial charge in [-0.2, -0.15) is 0 Å². The second-order valence-electron chi connectivity index (χ2n) is 6.15. The maximum atomic E-state index is 12.3. The molecule has 3 nitrogen and oxygen atoms in total. The van der Waals surface area contributed by atoms with Crippen molar-refractivity contribution in [1.29, 1.82) is 0 Å². The molecule has 110 valence electrons. The fourth-order valence-corrected chi connectivity index (χ4v) is 4.59. The van der Waals surface area contributed by atoms with Gasteiger partial charge in [0.2, 0.25) is 0 Å². The number of nitrogens with one attached hydrogen (secondary N) is 1. The summed E-state index contributed by atoms with van der Waals surface area (Å²) in [6.45, 7) is 0.709. The van der Waals surface area contributed by atoms with E-state index in [0.29, 0.717) is 12.5 Å². The molecule has 2 aliphatic carbocycles. The molecule has 1 fully saturated rings. The van der Waals surface area contributed by atoms with Crippen LogP contribution in [-0.4, -0.2) is 23.7 Å². The number of rotatable bonds is 3. The Balaban J connectivity index is 1.58. The summed E-state index contributed by atoms with van der Waals surface area (Å²) in [7, 11) is 0. The van der Waals surface area contributed by atoms with Crippen LogP contribution in [0.4, 0.5) is 0 Å². The minimum absolute atomic E-state index is 0.0875. The van der Waals surface area contributed by atoms with Crippen LogP contribution in [0.1, 0.15) is 59.3 Å². The van der Waals surface area contributed by atoms with Crippen molar-refractivity contribution in [2.45, 2.75) is 57.5 Å². The van der Waals surface area contributed by atoms with Crippen molar-refractivity contribution < 1.29 is 9.90 Å². The molecule has 20 heavy (non-hydrogen) atoms. The average Bonchev–Trinajstić information content (AvgIpc) is 2.89. The second-order valence-corrected chi connectivity index (χ2v) is 7.12. The van der Waals surface area contributed by atoms with Crippen molar-refractivity contribution in [2.75, 3.05) is 6.54 Å². The number of fused-ring (bicyclic) bond motifs is 1. The lowest BCUT2D eigenvalue weighted by molar-refractivity contribution is 0.0873. The summed E-state index contributed by atoms with van der Waals surface area (Å²) < 4.78 is 0. The van der Waals surface area contributed by atoms with Crippen molar-refractivity contribution in [3.8, 4) is 0 Å². The zero-order valence-electron chi connectivity index (χ0n) is 11.9. The van der Waals surface area contributed by atoms with Gasteiger partial charge in [-0.1, -0.05) is 6.42 Å². The van der Waals surface area contributed by atoms with Crippen LogP contribution in [0.15, 0.2) is 5.38 Å². The number of thiophene rings is 1. The van der Waals surface area contributed by atoms with Crippen molar-refractivity contribution >= 4 is 17.2 Å². The standard InChI is InChI=1S/C16H23NO2S/c18-12-5-3-4-11(8-12)9-17-16(19)14-10-20-15-7-2-1-6-13(14)15/h10-12,18H,1-9H2,(H,17,19). The maximum absolute atomic E-state index is 12.3. The highest BCUT2D eigenvalue weighted by atomic mass is 32.1. The largest absolute Gasteiger partial charge is 0.393 e. The zero-order valence-corrected chi connectivity index (χ0v) is 12.7. The molecule has 0 spiro atoms. The van der Waals surface area contributed by atoms with Gasteiger partial charge in [0.1, 0.15) is 0 Å². The van der Waals surface area contributed by atoms with Gasteiger partial charge in [-0.3, -0.25) is 4.79 Å². The van der Waals surface area contributed by atoms with E-state index in [4.69, 9.17) is 0 Å². The molecule has 1 amide bonds. The van der Waals surface area contributed by atoms with Gasteiger partial charge in [0.25, 0.3) is 5.91 Å². The molecule has 0 aromatic carbocycles. The summed E-state index contributed by atoms with van der Waals surface area (Å²) in [4.78, 5) is 13.7. The van der Waals surface area contributed by atoms with Crippen LogP contribution in [0, 0.1) is 5.92 Å². The Morgan fingerprint density at radius 1 is 1.30 bits per heavy atom. The van der Waals surface area contributed by atoms with E-state index in [1.54, 1.807) is 11.3 Å². The fourth-order valence-electron chi connectivity index (χ4n) is 3.46. The first-order valence-corrected chi connectivity index (χ1v) is 8.67. The van der Waals surface area contributed by atoms with Crippen LogP contribution in [-0.2, 0) is 12.8 Å². The van der Waals surface area contributed by atoms with Crippen LogP contribution in [0.3, 0.4) is 0 Å². The average molecular weight is 293 g/mol. The third-order valence-electron chi connectivity index (χ3n) is 4.61. The SMILES string of the molecule is O=C(NCC1CCCC(O)C1)c1csc2c1CCCC2. The fraction of sp³-hybridized carbons (Fsp3) is 0.688. The molecule has 0 aliphatic heterocycles. The topological polar surface area (TPSA) is 49.3 Å². The zero-order chi connectivity index (χ0) is 13.9. The lowest BCUT2D eigenvalue weighted by atomic mass is 9.87. The lowest BCUT2D eigenvalue weighted by Gasteiger charge is -2.26. The minimum atomic E-state index is -0.167. The molecule has 2 atom stereocenters. The molecule has 2 N–H and O–H groups in total. The number of aliphatic hydroxyl groups is 1. The van der Waals surface area contributed by atoms with Crippen molar-refractivity contribution in [1.82, 2.24) is 5.32 Å². The number of aryl methyl sites for hydroxylation is 1. The Bertz CT molecular complexity index is 483. The van der Waals surface area contributed by atoms with Crippen molar-refractivity contribution in [3.05, 3.63) is 21.4 Å². The van der Waals surface area contributed by atoms with Gasteiger partial charge < -0.3 is 10.4 Å². The first-order chi connectivity index (χ1) is 9.74. The molecule has 1 aromatic heterocycles. The van der Waals surface area contributed by atoms with E-state index in [-0.39, 0.29) is 12.0 Å². The van der Waals surface area contributed by atoms with E-state index >= 15 is 0 Å². The molecule has 3 rings (SSSR count). The third-order valence-corrected chi connectivity index (χ3v) is 5.70. The van der Waals surface area contributed by atoms with Crippen LogP contribution in [0.5, 0.6) is 0 Å². The molecular weight excluding hydrogens is 270 g/mol. The van der Waals surface area contributed by atoms with E-state index < -0.39 is 0 Å². The maximum Gasteiger partial charge on any atom is 0.252 e. The molecule has 1 heterocycles. The van der Waals surface area contributed by atoms with E-state index in [2.05, 4.69) is 5.32 Å². The molecular formula is C16H23NO2S. The first-order valence-electron chi connectivity index (χ1n) is 7.79. The summed E-state index contributed by atoms with van der Waals surface area (Å²) in [6.07, 6.45) is 8.46. The molecule has 0 bridgehead atoms. The van der Waals surface area contributed by atoms with Crippen LogP contribution < -0.4 is 5.32 Å². The summed E-state index contributed by atoms with van der Waals surface area (Å²) in [5.74, 6) is 0.529. The number of aliphatic hydroxyl groups excluding tert-OH is 1. The number of carbonyl (C=O) groups is 1. The monoisotopic (exact) mass is 293 g/mol. The molecule has 2 aliphatic rings. The highest BCUT2D eigenvalue weighted by molar-refractivity contribution is 7.10. The second kappa shape index (κ2) is 6.27. The summed E-state index contributed by atoms with van der Waals surface area (Å²) in [5, 5.41) is 14.8. The molecule has 0 saturated heterocycles. The number of amides is 1. The summed E-state index contributed by atoms with van der Waals surface area (Å²) >= 11 is 1.74. The normalized spacial score (nSPS) is 26.1.